The third-order valence-corrected chi connectivity index (χ3v) is 6.31. The first-order valence-corrected chi connectivity index (χ1v) is 11.6. The summed E-state index contributed by atoms with van der Waals surface area (Å²) in [6.07, 6.45) is 3.31. The molecule has 0 bridgehead atoms. The zero-order valence-electron chi connectivity index (χ0n) is 20.3. The van der Waals surface area contributed by atoms with Gasteiger partial charge in [0.2, 0.25) is 5.91 Å². The van der Waals surface area contributed by atoms with Gasteiger partial charge in [-0.25, -0.2) is 0 Å². The maximum Gasteiger partial charge on any atom is 0.248 e. The average molecular weight is 476 g/mol. The summed E-state index contributed by atoms with van der Waals surface area (Å²) in [4.78, 5) is 24.2. The quantitative estimate of drug-likeness (QED) is 0.204. The number of rotatable bonds is 6. The largest absolute Gasteiger partial charge is 0.496 e. The van der Waals surface area contributed by atoms with Crippen LogP contribution in [0.3, 0.4) is 0 Å². The van der Waals surface area contributed by atoms with Crippen molar-refractivity contribution in [1.82, 2.24) is 0 Å². The average Bonchev–Trinajstić information content (AvgIpc) is 3.30. The van der Waals surface area contributed by atoms with E-state index in [4.69, 9.17) is 9.15 Å². The minimum Gasteiger partial charge on any atom is -0.496 e. The Bertz CT molecular complexity index is 1640. The Kier molecular flexibility index (Phi) is 6.13. The van der Waals surface area contributed by atoms with Crippen molar-refractivity contribution in [1.29, 1.82) is 0 Å². The number of hydrogen-bond donors (Lipinski definition) is 1. The van der Waals surface area contributed by atoms with Gasteiger partial charge < -0.3 is 14.5 Å². The van der Waals surface area contributed by atoms with E-state index in [1.165, 1.54) is 6.92 Å². The number of fused-ring (bicyclic) bond motifs is 2. The molecule has 0 fully saturated rings. The number of ether oxygens (including phenoxy) is 1. The van der Waals surface area contributed by atoms with Crippen molar-refractivity contribution in [3.05, 3.63) is 102 Å². The molecule has 0 aliphatic carbocycles. The number of allylic oxidation sites excluding steroid dienone is 1. The van der Waals surface area contributed by atoms with E-state index in [-0.39, 0.29) is 11.7 Å². The molecule has 0 radical (unpaired) electrons. The Morgan fingerprint density at radius 2 is 1.61 bits per heavy atom. The van der Waals surface area contributed by atoms with Gasteiger partial charge in [0.25, 0.3) is 0 Å². The molecule has 0 saturated carbocycles. The summed E-state index contributed by atoms with van der Waals surface area (Å²) >= 11 is 0. The molecule has 0 spiro atoms. The topological polar surface area (TPSA) is 68.5 Å². The second-order valence-electron chi connectivity index (χ2n) is 8.67. The number of anilines is 1. The molecule has 5 nitrogen and oxygen atoms in total. The van der Waals surface area contributed by atoms with E-state index in [2.05, 4.69) is 29.6 Å². The summed E-state index contributed by atoms with van der Waals surface area (Å²) in [5, 5.41) is 6.09. The Morgan fingerprint density at radius 1 is 0.861 bits per heavy atom. The van der Waals surface area contributed by atoms with Crippen LogP contribution in [0.15, 0.2) is 95.6 Å². The van der Waals surface area contributed by atoms with Crippen LogP contribution in [-0.4, -0.2) is 18.8 Å². The van der Waals surface area contributed by atoms with Crippen molar-refractivity contribution in [3.63, 3.8) is 0 Å². The number of carbonyl (C=O) groups excluding carboxylic acids is 2. The minimum absolute atomic E-state index is 0.0202. The van der Waals surface area contributed by atoms with E-state index in [1.54, 1.807) is 43.7 Å². The molecule has 5 rings (SSSR count). The first kappa shape index (κ1) is 23.1. The predicted molar refractivity (Wildman–Crippen MR) is 144 cm³/mol. The van der Waals surface area contributed by atoms with Crippen LogP contribution in [0.2, 0.25) is 0 Å². The highest BCUT2D eigenvalue weighted by atomic mass is 16.5. The summed E-state index contributed by atoms with van der Waals surface area (Å²) in [6, 6.07) is 25.2. The Balaban J connectivity index is 1.52. The fourth-order valence-electron chi connectivity index (χ4n) is 4.44. The lowest BCUT2D eigenvalue weighted by Gasteiger charge is -2.11. The molecule has 1 amide bonds. The molecule has 0 unspecified atom stereocenters. The number of furan rings is 1. The van der Waals surface area contributed by atoms with Gasteiger partial charge in [-0.1, -0.05) is 42.5 Å². The van der Waals surface area contributed by atoms with Gasteiger partial charge in [0, 0.05) is 39.9 Å². The molecule has 0 aliphatic heterocycles. The first-order valence-electron chi connectivity index (χ1n) is 11.6. The third-order valence-electron chi connectivity index (χ3n) is 6.31. The van der Waals surface area contributed by atoms with Crippen molar-refractivity contribution in [2.45, 2.75) is 13.8 Å². The molecular weight excluding hydrogens is 450 g/mol. The van der Waals surface area contributed by atoms with E-state index in [1.807, 2.05) is 37.3 Å². The van der Waals surface area contributed by atoms with Gasteiger partial charge in [0.1, 0.15) is 11.3 Å². The van der Waals surface area contributed by atoms with Crippen molar-refractivity contribution in [2.75, 3.05) is 12.4 Å². The smallest absolute Gasteiger partial charge is 0.248 e. The molecular formula is C31H25NO4. The zero-order chi connectivity index (χ0) is 25.2. The molecule has 0 aliphatic rings. The van der Waals surface area contributed by atoms with E-state index in [9.17, 15) is 9.59 Å². The Labute approximate surface area is 209 Å². The van der Waals surface area contributed by atoms with Gasteiger partial charge in [0.05, 0.1) is 13.4 Å². The summed E-state index contributed by atoms with van der Waals surface area (Å²) in [7, 11) is 1.60. The lowest BCUT2D eigenvalue weighted by atomic mass is 9.96. The molecule has 36 heavy (non-hydrogen) atoms. The minimum atomic E-state index is -0.272. The standard InChI is InChI=1S/C31H25NO4/c1-19(15-31(34)32-23-13-11-21(12-14-23)20(2)33)26-16-27-28(18-36-30(27)17-29(26)35-3)25-10-6-8-22-7-4-5-9-24(22)25/h4-18H,1-3H3,(H,32,34)/b19-15+. The van der Waals surface area contributed by atoms with Gasteiger partial charge in [-0.3, -0.25) is 9.59 Å². The van der Waals surface area contributed by atoms with Crippen molar-refractivity contribution in [2.24, 2.45) is 0 Å². The van der Waals surface area contributed by atoms with Crippen LogP contribution in [0, 0.1) is 0 Å². The Hall–Kier alpha value is -4.64. The van der Waals surface area contributed by atoms with Crippen molar-refractivity contribution in [3.8, 4) is 16.9 Å². The molecule has 178 valence electrons. The van der Waals surface area contributed by atoms with Crippen molar-refractivity contribution < 1.29 is 18.7 Å². The number of amides is 1. The molecule has 1 heterocycles. The number of ketones is 1. The van der Waals surface area contributed by atoms with E-state index >= 15 is 0 Å². The van der Waals surface area contributed by atoms with Crippen LogP contribution < -0.4 is 10.1 Å². The number of Topliss-reactive ketones (excluding diaryl/α,β-unsaturated/α-hetero) is 1. The SMILES string of the molecule is COc1cc2occ(-c3cccc4ccccc34)c2cc1/C(C)=C/C(=O)Nc1ccc(C(C)=O)cc1. The van der Waals surface area contributed by atoms with Gasteiger partial charge in [-0.15, -0.1) is 0 Å². The Morgan fingerprint density at radius 3 is 2.36 bits per heavy atom. The highest BCUT2D eigenvalue weighted by molar-refractivity contribution is 6.07. The summed E-state index contributed by atoms with van der Waals surface area (Å²) in [6.45, 7) is 3.38. The molecule has 1 aromatic heterocycles. The van der Waals surface area contributed by atoms with Crippen LogP contribution in [0.5, 0.6) is 5.75 Å². The number of methoxy groups -OCH3 is 1. The predicted octanol–water partition coefficient (Wildman–Crippen LogP) is 7.51. The maximum absolute atomic E-state index is 12.7. The van der Waals surface area contributed by atoms with Gasteiger partial charge in [0.15, 0.2) is 5.78 Å². The summed E-state index contributed by atoms with van der Waals surface area (Å²) < 4.78 is 11.5. The summed E-state index contributed by atoms with van der Waals surface area (Å²) in [5.41, 5.74) is 5.53. The second kappa shape index (κ2) is 9.55. The van der Waals surface area contributed by atoms with Gasteiger partial charge in [-0.2, -0.15) is 0 Å². The van der Waals surface area contributed by atoms with Crippen LogP contribution in [-0.2, 0) is 4.79 Å². The maximum atomic E-state index is 12.7. The van der Waals surface area contributed by atoms with E-state index < -0.39 is 0 Å². The molecule has 5 aromatic rings. The second-order valence-corrected chi connectivity index (χ2v) is 8.67. The number of benzene rings is 4. The van der Waals surface area contributed by atoms with E-state index in [0.717, 1.165) is 38.4 Å². The van der Waals surface area contributed by atoms with Crippen LogP contribution in [0.1, 0.15) is 29.8 Å². The molecule has 5 heteroatoms. The highest BCUT2D eigenvalue weighted by Gasteiger charge is 2.16. The number of carbonyl (C=O) groups is 2. The van der Waals surface area contributed by atoms with Crippen LogP contribution in [0.25, 0.3) is 38.4 Å². The fraction of sp³-hybridized carbons (Fsp3) is 0.0968. The molecule has 1 N–H and O–H groups in total. The van der Waals surface area contributed by atoms with Crippen molar-refractivity contribution >= 4 is 44.7 Å². The molecule has 0 atom stereocenters. The monoisotopic (exact) mass is 475 g/mol. The molecule has 4 aromatic carbocycles. The van der Waals surface area contributed by atoms with Gasteiger partial charge >= 0.3 is 0 Å². The normalized spacial score (nSPS) is 11.6. The summed E-state index contributed by atoms with van der Waals surface area (Å²) in [5.74, 6) is 0.327. The zero-order valence-corrected chi connectivity index (χ0v) is 20.3. The van der Waals surface area contributed by atoms with E-state index in [0.29, 0.717) is 22.6 Å². The van der Waals surface area contributed by atoms with Crippen LogP contribution in [0.4, 0.5) is 5.69 Å². The third kappa shape index (κ3) is 4.39. The molecule has 0 saturated heterocycles. The first-order chi connectivity index (χ1) is 17.4. The number of hydrogen-bond acceptors (Lipinski definition) is 4. The highest BCUT2D eigenvalue weighted by Crippen LogP contribution is 2.39. The lowest BCUT2D eigenvalue weighted by molar-refractivity contribution is -0.111. The fourth-order valence-corrected chi connectivity index (χ4v) is 4.44. The van der Waals surface area contributed by atoms with Gasteiger partial charge in [-0.05, 0) is 66.1 Å². The lowest BCUT2D eigenvalue weighted by Crippen LogP contribution is -2.09. The van der Waals surface area contributed by atoms with Crippen LogP contribution >= 0.6 is 0 Å². The number of nitrogens with one attached hydrogen (secondary N) is 1.